The predicted octanol–water partition coefficient (Wildman–Crippen LogP) is 8.34. The monoisotopic (exact) mass is 576 g/mol. The predicted molar refractivity (Wildman–Crippen MR) is 156 cm³/mol. The summed E-state index contributed by atoms with van der Waals surface area (Å²) in [5, 5.41) is 0. The Morgan fingerprint density at radius 3 is 1.59 bits per heavy atom. The summed E-state index contributed by atoms with van der Waals surface area (Å²) in [6.07, 6.45) is 25.7. The van der Waals surface area contributed by atoms with E-state index in [2.05, 4.69) is 30.5 Å². The minimum atomic E-state index is -4.73. The third-order valence-electron chi connectivity index (χ3n) is 6.53. The van der Waals surface area contributed by atoms with Crippen LogP contribution in [0, 0.1) is 0 Å². The first kappa shape index (κ1) is 37.8. The van der Waals surface area contributed by atoms with E-state index in [1.165, 1.54) is 64.2 Å². The molecular weight excluding hydrogens is 519 g/mol. The highest BCUT2D eigenvalue weighted by Crippen LogP contribution is 2.35. The number of rotatable bonds is 28. The zero-order chi connectivity index (χ0) is 29.0. The molecule has 0 amide bonds. The van der Waals surface area contributed by atoms with Crippen molar-refractivity contribution >= 4 is 19.8 Å². The molecule has 0 fully saturated rings. The Hall–Kier alpha value is -1.21. The maximum atomic E-state index is 12.2. The van der Waals surface area contributed by atoms with Crippen molar-refractivity contribution in [2.24, 2.45) is 0 Å². The molecule has 9 heteroatoms. The van der Waals surface area contributed by atoms with Crippen LogP contribution in [0.15, 0.2) is 12.2 Å². The van der Waals surface area contributed by atoms with Crippen LogP contribution in [0.25, 0.3) is 0 Å². The van der Waals surface area contributed by atoms with Crippen molar-refractivity contribution < 1.29 is 37.9 Å². The van der Waals surface area contributed by atoms with Crippen LogP contribution in [0.5, 0.6) is 0 Å². The number of phosphoric ester groups is 1. The first-order chi connectivity index (χ1) is 18.8. The summed E-state index contributed by atoms with van der Waals surface area (Å²) >= 11 is 0. The number of hydrogen-bond acceptors (Lipinski definition) is 6. The van der Waals surface area contributed by atoms with Gasteiger partial charge in [-0.05, 0) is 38.5 Å². The number of carbonyl (C=O) groups is 2. The molecule has 0 radical (unpaired) electrons. The van der Waals surface area contributed by atoms with Gasteiger partial charge in [-0.2, -0.15) is 0 Å². The first-order valence-corrected chi connectivity index (χ1v) is 17.0. The number of esters is 2. The smallest absolute Gasteiger partial charge is 0.462 e. The van der Waals surface area contributed by atoms with Crippen molar-refractivity contribution in [1.82, 2.24) is 0 Å². The van der Waals surface area contributed by atoms with E-state index in [0.717, 1.165) is 44.9 Å². The van der Waals surface area contributed by atoms with Crippen molar-refractivity contribution in [1.29, 1.82) is 0 Å². The van der Waals surface area contributed by atoms with Crippen LogP contribution in [-0.2, 0) is 28.2 Å². The Kier molecular flexibility index (Phi) is 26.1. The first-order valence-electron chi connectivity index (χ1n) is 15.5. The van der Waals surface area contributed by atoms with Crippen molar-refractivity contribution in [3.05, 3.63) is 12.2 Å². The van der Waals surface area contributed by atoms with Crippen LogP contribution in [0.1, 0.15) is 149 Å². The Morgan fingerprint density at radius 1 is 0.641 bits per heavy atom. The fraction of sp³-hybridized carbons (Fsp3) is 0.867. The summed E-state index contributed by atoms with van der Waals surface area (Å²) in [6, 6.07) is 0. The lowest BCUT2D eigenvalue weighted by Gasteiger charge is -2.18. The van der Waals surface area contributed by atoms with E-state index in [4.69, 9.17) is 19.3 Å². The standard InChI is InChI=1S/C30H57O8P/c1-3-5-7-9-10-11-12-13-14-15-16-17-18-19-20-21-23-25-30(32)38-28(27-37-39(33,34)35)26-36-29(31)24-22-8-6-4-2/h13-14,28H,3-12,15-27H2,1-2H3,(H2,33,34,35)/b14-13-. The Morgan fingerprint density at radius 2 is 1.08 bits per heavy atom. The molecule has 0 saturated carbocycles. The number of ether oxygens (including phenoxy) is 2. The highest BCUT2D eigenvalue weighted by atomic mass is 31.2. The molecule has 39 heavy (non-hydrogen) atoms. The number of carbonyl (C=O) groups excluding carboxylic acids is 2. The number of hydrogen-bond donors (Lipinski definition) is 2. The molecule has 0 saturated heterocycles. The molecule has 0 aromatic heterocycles. The highest BCUT2D eigenvalue weighted by Gasteiger charge is 2.22. The van der Waals surface area contributed by atoms with Gasteiger partial charge in [-0.3, -0.25) is 14.1 Å². The molecular formula is C30H57O8P. The van der Waals surface area contributed by atoms with Gasteiger partial charge in [0.05, 0.1) is 6.61 Å². The molecule has 1 unspecified atom stereocenters. The second kappa shape index (κ2) is 27.0. The summed E-state index contributed by atoms with van der Waals surface area (Å²) < 4.78 is 25.9. The quantitative estimate of drug-likeness (QED) is 0.0413. The average Bonchev–Trinajstić information content (AvgIpc) is 2.89. The third-order valence-corrected chi connectivity index (χ3v) is 7.02. The second-order valence-corrected chi connectivity index (χ2v) is 11.7. The summed E-state index contributed by atoms with van der Waals surface area (Å²) in [7, 11) is -4.73. The fourth-order valence-electron chi connectivity index (χ4n) is 4.19. The van der Waals surface area contributed by atoms with Crippen LogP contribution < -0.4 is 0 Å². The van der Waals surface area contributed by atoms with E-state index in [9.17, 15) is 14.2 Å². The lowest BCUT2D eigenvalue weighted by Crippen LogP contribution is -2.29. The van der Waals surface area contributed by atoms with E-state index in [0.29, 0.717) is 12.8 Å². The molecule has 8 nitrogen and oxygen atoms in total. The summed E-state index contributed by atoms with van der Waals surface area (Å²) in [6.45, 7) is 3.51. The van der Waals surface area contributed by atoms with Gasteiger partial charge in [0.25, 0.3) is 0 Å². The highest BCUT2D eigenvalue weighted by molar-refractivity contribution is 7.46. The molecule has 230 valence electrons. The van der Waals surface area contributed by atoms with Crippen LogP contribution in [-0.4, -0.2) is 41.0 Å². The maximum Gasteiger partial charge on any atom is 0.469 e. The molecule has 0 aromatic carbocycles. The molecule has 0 spiro atoms. The Bertz CT molecular complexity index is 661. The zero-order valence-corrected chi connectivity index (χ0v) is 25.7. The Balaban J connectivity index is 3.89. The van der Waals surface area contributed by atoms with Gasteiger partial charge in [-0.1, -0.05) is 109 Å². The van der Waals surface area contributed by atoms with Crippen LogP contribution in [0.2, 0.25) is 0 Å². The minimum absolute atomic E-state index is 0.209. The minimum Gasteiger partial charge on any atom is -0.462 e. The molecule has 0 rings (SSSR count). The molecule has 0 aliphatic carbocycles. The zero-order valence-electron chi connectivity index (χ0n) is 24.8. The topological polar surface area (TPSA) is 119 Å². The normalized spacial score (nSPS) is 12.6. The van der Waals surface area contributed by atoms with Crippen LogP contribution in [0.3, 0.4) is 0 Å². The van der Waals surface area contributed by atoms with E-state index >= 15 is 0 Å². The molecule has 0 bridgehead atoms. The largest absolute Gasteiger partial charge is 0.469 e. The van der Waals surface area contributed by atoms with Gasteiger partial charge < -0.3 is 19.3 Å². The molecule has 0 aliphatic rings. The van der Waals surface area contributed by atoms with Gasteiger partial charge >= 0.3 is 19.8 Å². The van der Waals surface area contributed by atoms with Crippen molar-refractivity contribution in [3.8, 4) is 0 Å². The number of unbranched alkanes of at least 4 members (excludes halogenated alkanes) is 16. The van der Waals surface area contributed by atoms with Gasteiger partial charge in [0.1, 0.15) is 6.61 Å². The van der Waals surface area contributed by atoms with Gasteiger partial charge in [0.2, 0.25) is 0 Å². The summed E-state index contributed by atoms with van der Waals surface area (Å²) in [5.41, 5.74) is 0. The molecule has 0 aliphatic heterocycles. The van der Waals surface area contributed by atoms with Crippen LogP contribution in [0.4, 0.5) is 0 Å². The van der Waals surface area contributed by atoms with E-state index in [1.807, 2.05) is 0 Å². The molecule has 0 aromatic rings. The van der Waals surface area contributed by atoms with E-state index in [1.54, 1.807) is 0 Å². The summed E-state index contributed by atoms with van der Waals surface area (Å²) in [4.78, 5) is 42.0. The number of phosphoric acid groups is 1. The van der Waals surface area contributed by atoms with Gasteiger partial charge in [-0.25, -0.2) is 4.57 Å². The van der Waals surface area contributed by atoms with Gasteiger partial charge in [-0.15, -0.1) is 0 Å². The van der Waals surface area contributed by atoms with Crippen molar-refractivity contribution in [2.75, 3.05) is 13.2 Å². The molecule has 0 heterocycles. The van der Waals surface area contributed by atoms with E-state index in [-0.39, 0.29) is 19.4 Å². The lowest BCUT2D eigenvalue weighted by molar-refractivity contribution is -0.161. The van der Waals surface area contributed by atoms with Crippen molar-refractivity contribution in [2.45, 2.75) is 155 Å². The van der Waals surface area contributed by atoms with Crippen LogP contribution >= 0.6 is 7.82 Å². The number of allylic oxidation sites excluding steroid dienone is 2. The summed E-state index contributed by atoms with van der Waals surface area (Å²) in [5.74, 6) is -0.909. The third kappa shape index (κ3) is 29.6. The molecule has 1 atom stereocenters. The SMILES string of the molecule is CCCCCCCC/C=C\CCCCCCCCCC(=O)OC(COC(=O)CCCCCC)COP(=O)(O)O. The Labute approximate surface area is 237 Å². The second-order valence-electron chi connectivity index (χ2n) is 10.4. The lowest BCUT2D eigenvalue weighted by atomic mass is 10.1. The van der Waals surface area contributed by atoms with E-state index < -0.39 is 32.5 Å². The maximum absolute atomic E-state index is 12.2. The fourth-order valence-corrected chi connectivity index (χ4v) is 4.55. The van der Waals surface area contributed by atoms with Crippen molar-refractivity contribution in [3.63, 3.8) is 0 Å². The average molecular weight is 577 g/mol. The van der Waals surface area contributed by atoms with Gasteiger partial charge in [0.15, 0.2) is 6.10 Å². The van der Waals surface area contributed by atoms with Gasteiger partial charge in [0, 0.05) is 12.8 Å². The molecule has 2 N–H and O–H groups in total.